The molecule has 0 atom stereocenters. The Hall–Kier alpha value is -1.20. The van der Waals surface area contributed by atoms with Crippen LogP contribution in [0.15, 0.2) is 10.6 Å². The Morgan fingerprint density at radius 1 is 1.38 bits per heavy atom. The molecule has 0 aromatic carbocycles. The molecule has 5 heteroatoms. The molecule has 1 aliphatic rings. The van der Waals surface area contributed by atoms with Gasteiger partial charge in [0.05, 0.1) is 11.4 Å². The van der Waals surface area contributed by atoms with E-state index in [1.165, 1.54) is 36.1 Å². The summed E-state index contributed by atoms with van der Waals surface area (Å²) in [7, 11) is 0. The zero-order chi connectivity index (χ0) is 11.0. The molecule has 2 aromatic heterocycles. The van der Waals surface area contributed by atoms with Gasteiger partial charge < -0.3 is 10.3 Å². The van der Waals surface area contributed by atoms with Gasteiger partial charge in [0.1, 0.15) is 0 Å². The topological polar surface area (TPSA) is 64.9 Å². The fraction of sp³-hybridized carbons (Fsp3) is 0.455. The second-order valence-corrected chi connectivity index (χ2v) is 5.12. The number of hydrogen-bond donors (Lipinski definition) is 1. The third-order valence-corrected chi connectivity index (χ3v) is 4.08. The second-order valence-electron chi connectivity index (χ2n) is 3.99. The quantitative estimate of drug-likeness (QED) is 0.866. The molecule has 84 valence electrons. The molecule has 2 N–H and O–H groups in total. The number of fused-ring (bicyclic) bond motifs is 1. The van der Waals surface area contributed by atoms with Crippen LogP contribution < -0.4 is 5.73 Å². The molecule has 0 unspecified atom stereocenters. The minimum absolute atomic E-state index is 0.328. The maximum atomic E-state index is 5.46. The highest BCUT2D eigenvalue weighted by molar-refractivity contribution is 7.15. The van der Waals surface area contributed by atoms with E-state index in [0.29, 0.717) is 18.3 Å². The van der Waals surface area contributed by atoms with Crippen LogP contribution >= 0.6 is 11.3 Å². The molecule has 2 heterocycles. The Morgan fingerprint density at radius 3 is 3.00 bits per heavy atom. The monoisotopic (exact) mass is 235 g/mol. The van der Waals surface area contributed by atoms with Gasteiger partial charge in [0.15, 0.2) is 5.82 Å². The molecule has 16 heavy (non-hydrogen) atoms. The van der Waals surface area contributed by atoms with Gasteiger partial charge in [-0.15, -0.1) is 11.3 Å². The fourth-order valence-electron chi connectivity index (χ4n) is 2.03. The number of nitrogens with two attached hydrogens (primary N) is 1. The van der Waals surface area contributed by atoms with Crippen molar-refractivity contribution in [2.24, 2.45) is 5.73 Å². The maximum absolute atomic E-state index is 5.46. The number of aromatic nitrogens is 2. The third-order valence-electron chi connectivity index (χ3n) is 2.86. The SMILES string of the molecule is NCc1noc(-c2cc3c(s2)CCCC3)n1. The highest BCUT2D eigenvalue weighted by atomic mass is 32.1. The van der Waals surface area contributed by atoms with Crippen LogP contribution in [0.2, 0.25) is 0 Å². The van der Waals surface area contributed by atoms with E-state index in [0.717, 1.165) is 4.88 Å². The Bertz CT molecular complexity index is 480. The van der Waals surface area contributed by atoms with Crippen molar-refractivity contribution in [2.45, 2.75) is 32.2 Å². The largest absolute Gasteiger partial charge is 0.333 e. The fourth-order valence-corrected chi connectivity index (χ4v) is 3.21. The summed E-state index contributed by atoms with van der Waals surface area (Å²) in [6.45, 7) is 0.328. The van der Waals surface area contributed by atoms with E-state index in [1.54, 1.807) is 11.3 Å². The van der Waals surface area contributed by atoms with Crippen molar-refractivity contribution < 1.29 is 4.52 Å². The molecular formula is C11H13N3OS. The van der Waals surface area contributed by atoms with Gasteiger partial charge in [0.2, 0.25) is 0 Å². The summed E-state index contributed by atoms with van der Waals surface area (Å²) in [5.74, 6) is 1.18. The molecule has 2 aromatic rings. The van der Waals surface area contributed by atoms with E-state index in [2.05, 4.69) is 16.2 Å². The summed E-state index contributed by atoms with van der Waals surface area (Å²) in [6.07, 6.45) is 4.97. The predicted molar refractivity (Wildman–Crippen MR) is 62.1 cm³/mol. The van der Waals surface area contributed by atoms with Gasteiger partial charge in [0.25, 0.3) is 5.89 Å². The summed E-state index contributed by atoms with van der Waals surface area (Å²) >= 11 is 1.78. The van der Waals surface area contributed by atoms with E-state index in [4.69, 9.17) is 10.3 Å². The van der Waals surface area contributed by atoms with E-state index < -0.39 is 0 Å². The lowest BCUT2D eigenvalue weighted by atomic mass is 9.99. The molecule has 0 radical (unpaired) electrons. The van der Waals surface area contributed by atoms with E-state index in [-0.39, 0.29) is 0 Å². The smallest absolute Gasteiger partial charge is 0.268 e. The van der Waals surface area contributed by atoms with E-state index in [9.17, 15) is 0 Å². The van der Waals surface area contributed by atoms with Crippen LogP contribution in [0.25, 0.3) is 10.8 Å². The Morgan fingerprint density at radius 2 is 2.25 bits per heavy atom. The molecule has 0 saturated carbocycles. The van der Waals surface area contributed by atoms with Crippen molar-refractivity contribution in [3.63, 3.8) is 0 Å². The minimum atomic E-state index is 0.328. The van der Waals surface area contributed by atoms with E-state index >= 15 is 0 Å². The first-order valence-corrected chi connectivity index (χ1v) is 6.33. The van der Waals surface area contributed by atoms with Crippen molar-refractivity contribution in [2.75, 3.05) is 0 Å². The van der Waals surface area contributed by atoms with Crippen molar-refractivity contribution in [1.29, 1.82) is 0 Å². The highest BCUT2D eigenvalue weighted by Crippen LogP contribution is 2.34. The zero-order valence-electron chi connectivity index (χ0n) is 8.90. The number of rotatable bonds is 2. The number of aryl methyl sites for hydroxylation is 2. The van der Waals surface area contributed by atoms with Gasteiger partial charge in [-0.2, -0.15) is 4.98 Å². The lowest BCUT2D eigenvalue weighted by molar-refractivity contribution is 0.423. The lowest BCUT2D eigenvalue weighted by Crippen LogP contribution is -1.97. The number of nitrogens with zero attached hydrogens (tertiary/aromatic N) is 2. The van der Waals surface area contributed by atoms with Crippen molar-refractivity contribution in [3.8, 4) is 10.8 Å². The normalized spacial score (nSPS) is 15.1. The average molecular weight is 235 g/mol. The molecule has 0 aliphatic heterocycles. The van der Waals surface area contributed by atoms with Crippen LogP contribution in [0.3, 0.4) is 0 Å². The number of thiophene rings is 1. The Balaban J connectivity index is 1.96. The van der Waals surface area contributed by atoms with Gasteiger partial charge in [-0.1, -0.05) is 5.16 Å². The first-order valence-electron chi connectivity index (χ1n) is 5.51. The maximum Gasteiger partial charge on any atom is 0.268 e. The van der Waals surface area contributed by atoms with Gasteiger partial charge in [-0.25, -0.2) is 0 Å². The summed E-state index contributed by atoms with van der Waals surface area (Å²) in [5.41, 5.74) is 6.91. The summed E-state index contributed by atoms with van der Waals surface area (Å²) in [5, 5.41) is 3.81. The molecule has 0 saturated heterocycles. The van der Waals surface area contributed by atoms with Crippen LogP contribution in [0.4, 0.5) is 0 Å². The van der Waals surface area contributed by atoms with Gasteiger partial charge in [-0.05, 0) is 37.3 Å². The van der Waals surface area contributed by atoms with E-state index in [1.807, 2.05) is 0 Å². The lowest BCUT2D eigenvalue weighted by Gasteiger charge is -2.08. The molecule has 0 amide bonds. The number of hydrogen-bond acceptors (Lipinski definition) is 5. The average Bonchev–Trinajstić information content (AvgIpc) is 2.95. The van der Waals surface area contributed by atoms with Crippen LogP contribution in [-0.2, 0) is 19.4 Å². The molecule has 4 nitrogen and oxygen atoms in total. The van der Waals surface area contributed by atoms with Crippen molar-refractivity contribution in [1.82, 2.24) is 10.1 Å². The molecule has 0 bridgehead atoms. The molecule has 3 rings (SSSR count). The molecule has 1 aliphatic carbocycles. The van der Waals surface area contributed by atoms with Crippen LogP contribution in [0, 0.1) is 0 Å². The zero-order valence-corrected chi connectivity index (χ0v) is 9.72. The minimum Gasteiger partial charge on any atom is -0.333 e. The van der Waals surface area contributed by atoms with Gasteiger partial charge in [-0.3, -0.25) is 0 Å². The Kier molecular flexibility index (Phi) is 2.49. The molecule has 0 spiro atoms. The first kappa shape index (κ1) is 9.99. The van der Waals surface area contributed by atoms with Gasteiger partial charge in [0, 0.05) is 4.88 Å². The summed E-state index contributed by atoms with van der Waals surface area (Å²) < 4.78 is 5.19. The Labute approximate surface area is 97.5 Å². The molecular weight excluding hydrogens is 222 g/mol. The first-order chi connectivity index (χ1) is 7.86. The standard InChI is InChI=1S/C11H13N3OS/c12-6-10-13-11(15-14-10)9-5-7-3-1-2-4-8(7)16-9/h5H,1-4,6,12H2. The molecule has 0 fully saturated rings. The van der Waals surface area contributed by atoms with Crippen molar-refractivity contribution in [3.05, 3.63) is 22.3 Å². The predicted octanol–water partition coefficient (Wildman–Crippen LogP) is 2.14. The van der Waals surface area contributed by atoms with Crippen LogP contribution in [0.1, 0.15) is 29.1 Å². The van der Waals surface area contributed by atoms with Gasteiger partial charge >= 0.3 is 0 Å². The van der Waals surface area contributed by atoms with Crippen molar-refractivity contribution >= 4 is 11.3 Å². The third kappa shape index (κ3) is 1.66. The summed E-state index contributed by atoms with van der Waals surface area (Å²) in [4.78, 5) is 6.81. The highest BCUT2D eigenvalue weighted by Gasteiger charge is 2.17. The van der Waals surface area contributed by atoms with Crippen LogP contribution in [-0.4, -0.2) is 10.1 Å². The second kappa shape index (κ2) is 3.99. The summed E-state index contributed by atoms with van der Waals surface area (Å²) in [6, 6.07) is 2.19. The van der Waals surface area contributed by atoms with Crippen LogP contribution in [0.5, 0.6) is 0 Å².